The van der Waals surface area contributed by atoms with Gasteiger partial charge in [0.2, 0.25) is 0 Å². The largest absolute Gasteiger partial charge is 0.495 e. The van der Waals surface area contributed by atoms with Crippen molar-refractivity contribution in [3.05, 3.63) is 77.2 Å². The Morgan fingerprint density at radius 1 is 1.16 bits per heavy atom. The van der Waals surface area contributed by atoms with E-state index in [4.69, 9.17) is 16.3 Å². The molecule has 3 rings (SSSR count). The van der Waals surface area contributed by atoms with Crippen LogP contribution in [0.5, 0.6) is 5.75 Å². The Bertz CT molecular complexity index is 931. The van der Waals surface area contributed by atoms with E-state index in [1.165, 1.54) is 25.4 Å². The minimum absolute atomic E-state index is 0.180. The molecule has 1 heterocycles. The summed E-state index contributed by atoms with van der Waals surface area (Å²) in [6.07, 6.45) is 1.53. The van der Waals surface area contributed by atoms with Crippen molar-refractivity contribution in [1.29, 1.82) is 0 Å². The smallest absolute Gasteiger partial charge is 0.255 e. The molecule has 3 aromatic rings. The van der Waals surface area contributed by atoms with Crippen LogP contribution in [0, 0.1) is 5.82 Å². The highest BCUT2D eigenvalue weighted by molar-refractivity contribution is 6.33. The number of hydrogen-bond acceptors (Lipinski definition) is 3. The van der Waals surface area contributed by atoms with Crippen LogP contribution in [0.25, 0.3) is 11.3 Å². The Kier molecular flexibility index (Phi) is 4.95. The number of amides is 1. The van der Waals surface area contributed by atoms with Gasteiger partial charge >= 0.3 is 0 Å². The van der Waals surface area contributed by atoms with E-state index in [0.717, 1.165) is 6.07 Å². The van der Waals surface area contributed by atoms with Crippen molar-refractivity contribution in [2.24, 2.45) is 0 Å². The zero-order chi connectivity index (χ0) is 17.8. The van der Waals surface area contributed by atoms with Crippen LogP contribution in [-0.4, -0.2) is 18.0 Å². The van der Waals surface area contributed by atoms with Gasteiger partial charge in [-0.15, -0.1) is 0 Å². The molecule has 1 N–H and O–H groups in total. The SMILES string of the molecule is COc1ccccc1NC(=O)c1ccc(-c2ncccc2Cl)c(F)c1. The second-order valence-corrected chi connectivity index (χ2v) is 5.59. The van der Waals surface area contributed by atoms with Crippen LogP contribution in [0.4, 0.5) is 10.1 Å². The number of anilines is 1. The number of carbonyl (C=O) groups excluding carboxylic acids is 1. The van der Waals surface area contributed by atoms with Crippen LogP contribution in [-0.2, 0) is 0 Å². The topological polar surface area (TPSA) is 51.2 Å². The fourth-order valence-electron chi connectivity index (χ4n) is 2.37. The summed E-state index contributed by atoms with van der Waals surface area (Å²) in [5.74, 6) is -0.497. The van der Waals surface area contributed by atoms with Gasteiger partial charge in [-0.2, -0.15) is 0 Å². The van der Waals surface area contributed by atoms with Crippen molar-refractivity contribution >= 4 is 23.2 Å². The van der Waals surface area contributed by atoms with Crippen molar-refractivity contribution < 1.29 is 13.9 Å². The molecule has 1 amide bonds. The lowest BCUT2D eigenvalue weighted by Crippen LogP contribution is -2.13. The van der Waals surface area contributed by atoms with E-state index in [1.54, 1.807) is 36.4 Å². The van der Waals surface area contributed by atoms with Gasteiger partial charge in [-0.1, -0.05) is 23.7 Å². The van der Waals surface area contributed by atoms with Crippen LogP contribution in [0.2, 0.25) is 5.02 Å². The first-order valence-corrected chi connectivity index (χ1v) is 7.82. The van der Waals surface area contributed by atoms with E-state index in [1.807, 2.05) is 0 Å². The number of para-hydroxylation sites is 2. The van der Waals surface area contributed by atoms with Crippen LogP contribution in [0.1, 0.15) is 10.4 Å². The number of nitrogens with one attached hydrogen (secondary N) is 1. The van der Waals surface area contributed by atoms with Crippen LogP contribution in [0.3, 0.4) is 0 Å². The molecule has 6 heteroatoms. The molecule has 4 nitrogen and oxygen atoms in total. The van der Waals surface area contributed by atoms with Gasteiger partial charge in [0, 0.05) is 17.3 Å². The Hall–Kier alpha value is -2.92. The molecule has 126 valence electrons. The van der Waals surface area contributed by atoms with Gasteiger partial charge in [-0.3, -0.25) is 9.78 Å². The number of hydrogen-bond donors (Lipinski definition) is 1. The van der Waals surface area contributed by atoms with E-state index >= 15 is 0 Å². The summed E-state index contributed by atoms with van der Waals surface area (Å²) in [4.78, 5) is 16.5. The molecule has 0 bridgehead atoms. The minimum Gasteiger partial charge on any atom is -0.495 e. The van der Waals surface area contributed by atoms with Gasteiger partial charge in [0.15, 0.2) is 0 Å². The average molecular weight is 357 g/mol. The van der Waals surface area contributed by atoms with Crippen LogP contribution in [0.15, 0.2) is 60.8 Å². The monoisotopic (exact) mass is 356 g/mol. The molecule has 0 aliphatic carbocycles. The van der Waals surface area contributed by atoms with Gasteiger partial charge in [0.1, 0.15) is 11.6 Å². The van der Waals surface area contributed by atoms with Gasteiger partial charge < -0.3 is 10.1 Å². The summed E-state index contributed by atoms with van der Waals surface area (Å²) in [7, 11) is 1.51. The highest BCUT2D eigenvalue weighted by atomic mass is 35.5. The Balaban J connectivity index is 1.88. The van der Waals surface area contributed by atoms with Crippen LogP contribution >= 0.6 is 11.6 Å². The van der Waals surface area contributed by atoms with Gasteiger partial charge in [0.25, 0.3) is 5.91 Å². The highest BCUT2D eigenvalue weighted by Crippen LogP contribution is 2.29. The maximum absolute atomic E-state index is 14.5. The summed E-state index contributed by atoms with van der Waals surface area (Å²) >= 11 is 6.05. The van der Waals surface area contributed by atoms with E-state index in [-0.39, 0.29) is 11.1 Å². The standard InChI is InChI=1S/C19H14ClFN2O2/c1-25-17-7-3-2-6-16(17)23-19(24)12-8-9-13(15(21)11-12)18-14(20)5-4-10-22-18/h2-11H,1H3,(H,23,24). The fourth-order valence-corrected chi connectivity index (χ4v) is 2.60. The lowest BCUT2D eigenvalue weighted by atomic mass is 10.1. The number of methoxy groups -OCH3 is 1. The third kappa shape index (κ3) is 3.61. The van der Waals surface area contributed by atoms with Crippen molar-refractivity contribution in [2.45, 2.75) is 0 Å². The molecule has 0 spiro atoms. The molecule has 2 aromatic carbocycles. The van der Waals surface area contributed by atoms with E-state index in [0.29, 0.717) is 22.2 Å². The number of nitrogens with zero attached hydrogens (tertiary/aromatic N) is 1. The zero-order valence-corrected chi connectivity index (χ0v) is 14.0. The zero-order valence-electron chi connectivity index (χ0n) is 13.3. The number of halogens is 2. The second-order valence-electron chi connectivity index (χ2n) is 5.18. The predicted octanol–water partition coefficient (Wildman–Crippen LogP) is 4.80. The molecule has 1 aromatic heterocycles. The predicted molar refractivity (Wildman–Crippen MR) is 95.6 cm³/mol. The molecule has 0 fully saturated rings. The van der Waals surface area contributed by atoms with Crippen molar-refractivity contribution in [1.82, 2.24) is 4.98 Å². The first-order valence-electron chi connectivity index (χ1n) is 7.45. The first-order chi connectivity index (χ1) is 12.1. The van der Waals surface area contributed by atoms with Crippen molar-refractivity contribution in [2.75, 3.05) is 12.4 Å². The van der Waals surface area contributed by atoms with Crippen molar-refractivity contribution in [3.63, 3.8) is 0 Å². The number of carbonyl (C=O) groups is 1. The van der Waals surface area contributed by atoms with Crippen molar-refractivity contribution in [3.8, 4) is 17.0 Å². The number of benzene rings is 2. The molecule has 0 aliphatic heterocycles. The van der Waals surface area contributed by atoms with E-state index in [9.17, 15) is 9.18 Å². The summed E-state index contributed by atoms with van der Waals surface area (Å²) in [5, 5.41) is 3.04. The summed E-state index contributed by atoms with van der Waals surface area (Å²) in [5.41, 5.74) is 1.25. The lowest BCUT2D eigenvalue weighted by molar-refractivity contribution is 0.102. The molecule has 0 saturated heterocycles. The molecule has 0 unspecified atom stereocenters. The third-order valence-corrected chi connectivity index (χ3v) is 3.91. The Morgan fingerprint density at radius 2 is 1.96 bits per heavy atom. The molecule has 25 heavy (non-hydrogen) atoms. The number of pyridine rings is 1. The normalized spacial score (nSPS) is 10.4. The third-order valence-electron chi connectivity index (χ3n) is 3.60. The van der Waals surface area contributed by atoms with E-state index < -0.39 is 11.7 Å². The molecule has 0 aliphatic rings. The quantitative estimate of drug-likeness (QED) is 0.730. The minimum atomic E-state index is -0.576. The number of aromatic nitrogens is 1. The van der Waals surface area contributed by atoms with Gasteiger partial charge in [0.05, 0.1) is 23.5 Å². The fraction of sp³-hybridized carbons (Fsp3) is 0.0526. The van der Waals surface area contributed by atoms with Gasteiger partial charge in [-0.25, -0.2) is 4.39 Å². The Labute approximate surface area is 149 Å². The molecule has 0 saturated carbocycles. The average Bonchev–Trinajstić information content (AvgIpc) is 2.63. The van der Waals surface area contributed by atoms with E-state index in [2.05, 4.69) is 10.3 Å². The number of ether oxygens (including phenoxy) is 1. The maximum Gasteiger partial charge on any atom is 0.255 e. The van der Waals surface area contributed by atoms with Gasteiger partial charge in [-0.05, 0) is 42.5 Å². The summed E-state index contributed by atoms with van der Waals surface area (Å²) in [6.45, 7) is 0. The molecular weight excluding hydrogens is 343 g/mol. The summed E-state index contributed by atoms with van der Waals surface area (Å²) < 4.78 is 19.6. The molecular formula is C19H14ClFN2O2. The second kappa shape index (κ2) is 7.32. The first kappa shape index (κ1) is 16.9. The van der Waals surface area contributed by atoms with Crippen LogP contribution < -0.4 is 10.1 Å². The molecule has 0 atom stereocenters. The molecule has 0 radical (unpaired) electrons. The maximum atomic E-state index is 14.5. The highest BCUT2D eigenvalue weighted by Gasteiger charge is 2.15. The summed E-state index contributed by atoms with van der Waals surface area (Å²) in [6, 6.07) is 14.5. The lowest BCUT2D eigenvalue weighted by Gasteiger charge is -2.11. The Morgan fingerprint density at radius 3 is 2.68 bits per heavy atom. The number of rotatable bonds is 4.